The number of pyridine rings is 1. The number of nitrogens with zero attached hydrogens (tertiary/aromatic N) is 4. The predicted molar refractivity (Wildman–Crippen MR) is 145 cm³/mol. The van der Waals surface area contributed by atoms with Gasteiger partial charge in [0, 0.05) is 55.5 Å². The van der Waals surface area contributed by atoms with Gasteiger partial charge in [-0.2, -0.15) is 0 Å². The van der Waals surface area contributed by atoms with Crippen molar-refractivity contribution >= 4 is 17.3 Å². The van der Waals surface area contributed by atoms with Crippen molar-refractivity contribution in [2.24, 2.45) is 0 Å². The first-order valence-electron chi connectivity index (χ1n) is 13.0. The molecule has 1 N–H and O–H groups in total. The Morgan fingerprint density at radius 1 is 1.03 bits per heavy atom. The number of hydrogen-bond donors (Lipinski definition) is 1. The molecule has 0 amide bonds. The van der Waals surface area contributed by atoms with Gasteiger partial charge in [0.2, 0.25) is 6.79 Å². The number of aryl methyl sites for hydroxylation is 1. The Balaban J connectivity index is 1.33. The van der Waals surface area contributed by atoms with Crippen LogP contribution in [0.25, 0.3) is 5.69 Å². The van der Waals surface area contributed by atoms with E-state index in [0.29, 0.717) is 0 Å². The Bertz CT molecular complexity index is 1270. The highest BCUT2D eigenvalue weighted by molar-refractivity contribution is 7.80. The lowest BCUT2D eigenvalue weighted by atomic mass is 9.96. The highest BCUT2D eigenvalue weighted by atomic mass is 32.1. The number of morpholine rings is 1. The fraction of sp³-hybridized carbons (Fsp3) is 0.429. The van der Waals surface area contributed by atoms with E-state index in [-0.39, 0.29) is 18.9 Å². The molecule has 1 aromatic carbocycles. The highest BCUT2D eigenvalue weighted by Gasteiger charge is 2.41. The van der Waals surface area contributed by atoms with E-state index in [0.717, 1.165) is 79.5 Å². The second-order valence-electron chi connectivity index (χ2n) is 9.83. The average Bonchev–Trinajstić information content (AvgIpc) is 3.60. The van der Waals surface area contributed by atoms with E-state index in [2.05, 4.69) is 57.8 Å². The number of aromatic nitrogens is 2. The molecule has 37 heavy (non-hydrogen) atoms. The van der Waals surface area contributed by atoms with Gasteiger partial charge in [0.1, 0.15) is 0 Å². The molecule has 2 atom stereocenters. The maximum atomic E-state index is 5.91. The van der Waals surface area contributed by atoms with Crippen LogP contribution in [-0.4, -0.2) is 70.6 Å². The van der Waals surface area contributed by atoms with Crippen LogP contribution in [0.3, 0.4) is 0 Å². The van der Waals surface area contributed by atoms with Crippen LogP contribution in [0.4, 0.5) is 0 Å². The average molecular weight is 520 g/mol. The van der Waals surface area contributed by atoms with Crippen molar-refractivity contribution in [3.8, 4) is 17.2 Å². The molecule has 3 aliphatic rings. The van der Waals surface area contributed by atoms with E-state index in [9.17, 15) is 0 Å². The Hall–Kier alpha value is -3.14. The molecule has 2 aromatic heterocycles. The lowest BCUT2D eigenvalue weighted by Gasteiger charge is -2.30. The Morgan fingerprint density at radius 2 is 1.86 bits per heavy atom. The molecular weight excluding hydrogens is 486 g/mol. The topological polar surface area (TPSA) is 64.0 Å². The minimum Gasteiger partial charge on any atom is -0.454 e. The van der Waals surface area contributed by atoms with Crippen molar-refractivity contribution < 1.29 is 14.2 Å². The van der Waals surface area contributed by atoms with Crippen LogP contribution < -0.4 is 14.8 Å². The van der Waals surface area contributed by atoms with Crippen LogP contribution in [0.2, 0.25) is 0 Å². The lowest BCUT2D eigenvalue weighted by Crippen LogP contribution is -2.39. The molecule has 0 radical (unpaired) electrons. The zero-order chi connectivity index (χ0) is 25.4. The van der Waals surface area contributed by atoms with Gasteiger partial charge in [0.25, 0.3) is 0 Å². The van der Waals surface area contributed by atoms with Crippen LogP contribution in [-0.2, 0) is 4.74 Å². The summed E-state index contributed by atoms with van der Waals surface area (Å²) in [6, 6.07) is 14.5. The second kappa shape index (κ2) is 10.3. The van der Waals surface area contributed by atoms with E-state index < -0.39 is 0 Å². The van der Waals surface area contributed by atoms with Gasteiger partial charge < -0.3 is 29.0 Å². The van der Waals surface area contributed by atoms with Crippen molar-refractivity contribution in [3.63, 3.8) is 0 Å². The number of hydrogen-bond acceptors (Lipinski definition) is 6. The summed E-state index contributed by atoms with van der Waals surface area (Å²) in [6.45, 7) is 10.2. The van der Waals surface area contributed by atoms with Crippen molar-refractivity contribution in [2.45, 2.75) is 32.4 Å². The van der Waals surface area contributed by atoms with E-state index in [1.807, 2.05) is 24.4 Å². The maximum Gasteiger partial charge on any atom is 0.231 e. The van der Waals surface area contributed by atoms with Crippen LogP contribution in [0, 0.1) is 13.8 Å². The molecule has 2 fully saturated rings. The zero-order valence-electron chi connectivity index (χ0n) is 21.4. The minimum absolute atomic E-state index is 0.0252. The molecule has 0 bridgehead atoms. The maximum absolute atomic E-state index is 5.91. The first kappa shape index (κ1) is 24.2. The van der Waals surface area contributed by atoms with Crippen LogP contribution in [0.1, 0.15) is 41.1 Å². The van der Waals surface area contributed by atoms with Gasteiger partial charge in [-0.25, -0.2) is 0 Å². The molecule has 0 aliphatic carbocycles. The third-order valence-electron chi connectivity index (χ3n) is 7.58. The number of ether oxygens (including phenoxy) is 3. The molecule has 194 valence electrons. The minimum atomic E-state index is -0.0252. The summed E-state index contributed by atoms with van der Waals surface area (Å²) in [6.07, 6.45) is 2.89. The molecule has 8 nitrogen and oxygen atoms in total. The molecule has 0 unspecified atom stereocenters. The molecule has 5 heterocycles. The van der Waals surface area contributed by atoms with Gasteiger partial charge in [0.05, 0.1) is 31.0 Å². The molecular formula is C28H33N5O3S. The van der Waals surface area contributed by atoms with Gasteiger partial charge in [0.15, 0.2) is 16.6 Å². The summed E-state index contributed by atoms with van der Waals surface area (Å²) < 4.78 is 19.0. The predicted octanol–water partition coefficient (Wildman–Crippen LogP) is 3.91. The van der Waals surface area contributed by atoms with Crippen molar-refractivity contribution in [1.82, 2.24) is 24.7 Å². The lowest BCUT2D eigenvalue weighted by molar-refractivity contribution is 0.0365. The molecule has 2 saturated heterocycles. The Kier molecular flexibility index (Phi) is 6.75. The summed E-state index contributed by atoms with van der Waals surface area (Å²) >= 11 is 5.91. The Morgan fingerprint density at radius 3 is 2.68 bits per heavy atom. The Labute approximate surface area is 223 Å². The van der Waals surface area contributed by atoms with Crippen LogP contribution in [0.5, 0.6) is 11.5 Å². The fourth-order valence-electron chi connectivity index (χ4n) is 5.78. The van der Waals surface area contributed by atoms with Crippen molar-refractivity contribution in [3.05, 3.63) is 71.3 Å². The molecule has 3 aromatic rings. The van der Waals surface area contributed by atoms with Crippen LogP contribution >= 0.6 is 12.2 Å². The summed E-state index contributed by atoms with van der Waals surface area (Å²) in [5, 5.41) is 4.39. The smallest absolute Gasteiger partial charge is 0.231 e. The summed E-state index contributed by atoms with van der Waals surface area (Å²) in [4.78, 5) is 9.55. The quantitative estimate of drug-likeness (QED) is 0.472. The molecule has 3 aliphatic heterocycles. The van der Waals surface area contributed by atoms with E-state index in [4.69, 9.17) is 31.4 Å². The van der Waals surface area contributed by atoms with Crippen molar-refractivity contribution in [2.75, 3.05) is 46.2 Å². The third-order valence-corrected chi connectivity index (χ3v) is 7.93. The third kappa shape index (κ3) is 4.67. The molecule has 6 rings (SSSR count). The SMILES string of the molecule is Cc1cc([C@@H]2[C@H](c3ccccn3)NC(=S)N2CCCN2CCOCC2)c(C)n1-c1ccc2c(c1)OCO2. The monoisotopic (exact) mass is 519 g/mol. The highest BCUT2D eigenvalue weighted by Crippen LogP contribution is 2.42. The first-order chi connectivity index (χ1) is 18.1. The molecule has 9 heteroatoms. The van der Waals surface area contributed by atoms with Crippen LogP contribution in [0.15, 0.2) is 48.7 Å². The normalized spacial score (nSPS) is 21.5. The van der Waals surface area contributed by atoms with Gasteiger partial charge >= 0.3 is 0 Å². The summed E-state index contributed by atoms with van der Waals surface area (Å²) in [5.41, 5.74) is 5.67. The standard InChI is InChI=1S/C28H33N5O3S/c1-19-16-22(20(2)33(19)21-7-8-24-25(17-21)36-18-35-24)27-26(23-6-3-4-9-29-23)30-28(37)32(27)11-5-10-31-12-14-34-15-13-31/h3-4,6-9,16-17,26-27H,5,10-15,18H2,1-2H3,(H,30,37)/t26-,27+/m0/s1. The summed E-state index contributed by atoms with van der Waals surface area (Å²) in [5.74, 6) is 1.57. The number of thiocarbonyl (C=S) groups is 1. The van der Waals surface area contributed by atoms with Gasteiger partial charge in [-0.1, -0.05) is 6.07 Å². The molecule has 0 saturated carbocycles. The summed E-state index contributed by atoms with van der Waals surface area (Å²) in [7, 11) is 0. The first-order valence-corrected chi connectivity index (χ1v) is 13.4. The van der Waals surface area contributed by atoms with Gasteiger partial charge in [-0.3, -0.25) is 9.88 Å². The van der Waals surface area contributed by atoms with Crippen molar-refractivity contribution in [1.29, 1.82) is 0 Å². The second-order valence-corrected chi connectivity index (χ2v) is 10.2. The molecule has 0 spiro atoms. The number of benzene rings is 1. The van der Waals surface area contributed by atoms with E-state index >= 15 is 0 Å². The van der Waals surface area contributed by atoms with Gasteiger partial charge in [-0.05, 0) is 68.4 Å². The van der Waals surface area contributed by atoms with Gasteiger partial charge in [-0.15, -0.1) is 0 Å². The largest absolute Gasteiger partial charge is 0.454 e. The fourth-order valence-corrected chi connectivity index (χ4v) is 6.11. The number of nitrogens with one attached hydrogen (secondary N) is 1. The number of fused-ring (bicyclic) bond motifs is 1. The zero-order valence-corrected chi connectivity index (χ0v) is 22.2. The van der Waals surface area contributed by atoms with E-state index in [1.165, 1.54) is 11.3 Å². The van der Waals surface area contributed by atoms with E-state index in [1.54, 1.807) is 0 Å². The number of rotatable bonds is 7.